The van der Waals surface area contributed by atoms with Crippen molar-refractivity contribution in [2.75, 3.05) is 44.7 Å². The van der Waals surface area contributed by atoms with E-state index in [1.807, 2.05) is 41.1 Å². The minimum atomic E-state index is 0.0403. The van der Waals surface area contributed by atoms with Gasteiger partial charge in [-0.2, -0.15) is 0 Å². The molecule has 3 fully saturated rings. The average molecular weight is 329 g/mol. The summed E-state index contributed by atoms with van der Waals surface area (Å²) in [4.78, 5) is 31.0. The summed E-state index contributed by atoms with van der Waals surface area (Å²) >= 11 is 0. The van der Waals surface area contributed by atoms with E-state index in [0.29, 0.717) is 26.2 Å². The van der Waals surface area contributed by atoms with E-state index in [2.05, 4.69) is 4.90 Å². The standard InChI is InChI=1S/C18H23N3O3/c1-19-14-7-6-13(18(19)23)10-20(11-14)12-17(22)21-8-9-24-16-5-3-2-4-15(16)21/h2-5,13-14H,6-12H2,1H3/t13-,14+/m0/s1. The van der Waals surface area contributed by atoms with Gasteiger partial charge in [0.25, 0.3) is 0 Å². The summed E-state index contributed by atoms with van der Waals surface area (Å²) in [5, 5.41) is 0. The predicted octanol–water partition coefficient (Wildman–Crippen LogP) is 0.965. The molecular weight excluding hydrogens is 306 g/mol. The minimum Gasteiger partial charge on any atom is -0.490 e. The van der Waals surface area contributed by atoms with E-state index >= 15 is 0 Å². The molecule has 6 nitrogen and oxygen atoms in total. The quantitative estimate of drug-likeness (QED) is 0.811. The topological polar surface area (TPSA) is 53.1 Å². The second kappa shape index (κ2) is 6.09. The first-order valence-electron chi connectivity index (χ1n) is 8.64. The van der Waals surface area contributed by atoms with Crippen LogP contribution in [0, 0.1) is 5.92 Å². The number of ether oxygens (including phenoxy) is 1. The van der Waals surface area contributed by atoms with Crippen LogP contribution in [0.25, 0.3) is 0 Å². The number of anilines is 1. The van der Waals surface area contributed by atoms with Crippen molar-refractivity contribution in [1.82, 2.24) is 9.80 Å². The first-order chi connectivity index (χ1) is 11.6. The van der Waals surface area contributed by atoms with E-state index in [1.54, 1.807) is 0 Å². The lowest BCUT2D eigenvalue weighted by Gasteiger charge is -2.33. The van der Waals surface area contributed by atoms with Gasteiger partial charge in [-0.25, -0.2) is 0 Å². The molecule has 1 aromatic carbocycles. The number of amides is 2. The van der Waals surface area contributed by atoms with Crippen molar-refractivity contribution in [2.24, 2.45) is 5.92 Å². The Kier molecular flexibility index (Phi) is 3.92. The maximum absolute atomic E-state index is 12.9. The van der Waals surface area contributed by atoms with Gasteiger partial charge in [0.15, 0.2) is 0 Å². The summed E-state index contributed by atoms with van der Waals surface area (Å²) in [7, 11) is 1.89. The fourth-order valence-electron chi connectivity index (χ4n) is 4.08. The van der Waals surface area contributed by atoms with Crippen LogP contribution in [0.15, 0.2) is 24.3 Å². The number of hydrogen-bond donors (Lipinski definition) is 0. The zero-order chi connectivity index (χ0) is 16.7. The predicted molar refractivity (Wildman–Crippen MR) is 90.0 cm³/mol. The molecule has 0 spiro atoms. The van der Waals surface area contributed by atoms with Crippen molar-refractivity contribution in [3.63, 3.8) is 0 Å². The van der Waals surface area contributed by atoms with E-state index in [4.69, 9.17) is 4.74 Å². The van der Waals surface area contributed by atoms with Gasteiger partial charge >= 0.3 is 0 Å². The number of fused-ring (bicyclic) bond motifs is 5. The molecule has 0 aromatic heterocycles. The van der Waals surface area contributed by atoms with Gasteiger partial charge in [-0.1, -0.05) is 12.1 Å². The third kappa shape index (κ3) is 2.65. The van der Waals surface area contributed by atoms with Crippen LogP contribution in [0.5, 0.6) is 5.75 Å². The summed E-state index contributed by atoms with van der Waals surface area (Å²) < 4.78 is 5.63. The lowest BCUT2D eigenvalue weighted by molar-refractivity contribution is -0.138. The molecule has 2 bridgehead atoms. The van der Waals surface area contributed by atoms with Gasteiger partial charge in [-0.15, -0.1) is 0 Å². The third-order valence-electron chi connectivity index (χ3n) is 5.43. The number of hydrogen-bond acceptors (Lipinski definition) is 4. The third-order valence-corrected chi connectivity index (χ3v) is 5.43. The Morgan fingerprint density at radius 2 is 2.08 bits per heavy atom. The Labute approximate surface area is 142 Å². The first kappa shape index (κ1) is 15.4. The zero-order valence-electron chi connectivity index (χ0n) is 14.0. The fourth-order valence-corrected chi connectivity index (χ4v) is 4.08. The van der Waals surface area contributed by atoms with Gasteiger partial charge in [0.2, 0.25) is 11.8 Å². The smallest absolute Gasteiger partial charge is 0.241 e. The van der Waals surface area contributed by atoms with Gasteiger partial charge < -0.3 is 14.5 Å². The molecule has 4 aliphatic heterocycles. The highest BCUT2D eigenvalue weighted by molar-refractivity contribution is 5.96. The van der Waals surface area contributed by atoms with E-state index in [9.17, 15) is 9.59 Å². The highest BCUT2D eigenvalue weighted by Gasteiger charge is 2.39. The SMILES string of the molecule is CN1C(=O)[C@H]2CC[C@@H]1CN(CC(=O)N1CCOc3ccccc31)C2. The molecule has 3 saturated heterocycles. The van der Waals surface area contributed by atoms with Crippen LogP contribution in [0.1, 0.15) is 12.8 Å². The van der Waals surface area contributed by atoms with Gasteiger partial charge in [-0.05, 0) is 25.0 Å². The van der Waals surface area contributed by atoms with Crippen LogP contribution in [0.4, 0.5) is 5.69 Å². The van der Waals surface area contributed by atoms with Crippen LogP contribution in [0.2, 0.25) is 0 Å². The molecule has 0 aliphatic carbocycles. The van der Waals surface area contributed by atoms with Gasteiger partial charge in [0.05, 0.1) is 24.7 Å². The van der Waals surface area contributed by atoms with E-state index in [0.717, 1.165) is 30.8 Å². The van der Waals surface area contributed by atoms with Crippen molar-refractivity contribution >= 4 is 17.5 Å². The summed E-state index contributed by atoms with van der Waals surface area (Å²) in [6, 6.07) is 7.90. The molecule has 6 heteroatoms. The number of carbonyl (C=O) groups is 2. The van der Waals surface area contributed by atoms with Crippen LogP contribution >= 0.6 is 0 Å². The van der Waals surface area contributed by atoms with Crippen molar-refractivity contribution in [3.05, 3.63) is 24.3 Å². The molecule has 4 heterocycles. The van der Waals surface area contributed by atoms with Crippen LogP contribution < -0.4 is 9.64 Å². The summed E-state index contributed by atoms with van der Waals surface area (Å²) in [5.41, 5.74) is 0.847. The average Bonchev–Trinajstić information content (AvgIpc) is 2.87. The Morgan fingerprint density at radius 3 is 2.96 bits per heavy atom. The molecular formula is C18H23N3O3. The van der Waals surface area contributed by atoms with Crippen LogP contribution in [-0.4, -0.2) is 67.5 Å². The molecule has 24 heavy (non-hydrogen) atoms. The molecule has 0 saturated carbocycles. The number of likely N-dealkylation sites (N-methyl/N-ethyl adjacent to an activating group) is 1. The van der Waals surface area contributed by atoms with Gasteiger partial charge in [0, 0.05) is 26.2 Å². The van der Waals surface area contributed by atoms with Crippen molar-refractivity contribution < 1.29 is 14.3 Å². The van der Waals surface area contributed by atoms with Crippen LogP contribution in [0.3, 0.4) is 0 Å². The number of carbonyl (C=O) groups excluding carboxylic acids is 2. The number of nitrogens with zero attached hydrogens (tertiary/aromatic N) is 3. The highest BCUT2D eigenvalue weighted by Crippen LogP contribution is 2.32. The van der Waals surface area contributed by atoms with E-state index in [-0.39, 0.29) is 23.8 Å². The highest BCUT2D eigenvalue weighted by atomic mass is 16.5. The lowest BCUT2D eigenvalue weighted by atomic mass is 9.95. The number of rotatable bonds is 2. The fraction of sp³-hybridized carbons (Fsp3) is 0.556. The van der Waals surface area contributed by atoms with Crippen molar-refractivity contribution in [1.29, 1.82) is 0 Å². The van der Waals surface area contributed by atoms with Crippen molar-refractivity contribution in [2.45, 2.75) is 18.9 Å². The second-order valence-corrected chi connectivity index (χ2v) is 6.93. The Hall–Kier alpha value is -2.08. The molecule has 5 rings (SSSR count). The van der Waals surface area contributed by atoms with Gasteiger partial charge in [0.1, 0.15) is 12.4 Å². The number of benzene rings is 1. The lowest BCUT2D eigenvalue weighted by Crippen LogP contribution is -2.46. The maximum Gasteiger partial charge on any atom is 0.241 e. The number of piperidine rings is 1. The Morgan fingerprint density at radius 1 is 1.25 bits per heavy atom. The number of para-hydroxylation sites is 2. The molecule has 2 atom stereocenters. The second-order valence-electron chi connectivity index (χ2n) is 6.93. The summed E-state index contributed by atoms with van der Waals surface area (Å²) in [6.07, 6.45) is 1.98. The summed E-state index contributed by atoms with van der Waals surface area (Å²) in [5.74, 6) is 1.13. The molecule has 128 valence electrons. The molecule has 0 unspecified atom stereocenters. The van der Waals surface area contributed by atoms with Crippen molar-refractivity contribution in [3.8, 4) is 5.75 Å². The van der Waals surface area contributed by atoms with E-state index in [1.165, 1.54) is 0 Å². The van der Waals surface area contributed by atoms with Gasteiger partial charge in [-0.3, -0.25) is 14.5 Å². The monoisotopic (exact) mass is 329 g/mol. The van der Waals surface area contributed by atoms with E-state index < -0.39 is 0 Å². The largest absolute Gasteiger partial charge is 0.490 e. The normalized spacial score (nSPS) is 26.8. The minimum absolute atomic E-state index is 0.0403. The molecule has 1 aromatic rings. The Balaban J connectivity index is 1.48. The molecule has 4 aliphatic rings. The molecule has 0 radical (unpaired) electrons. The van der Waals surface area contributed by atoms with Crippen LogP contribution in [-0.2, 0) is 9.59 Å². The Bertz CT molecular complexity index is 663. The molecule has 2 amide bonds. The summed E-state index contributed by atoms with van der Waals surface area (Å²) in [6.45, 7) is 2.95. The first-order valence-corrected chi connectivity index (χ1v) is 8.64. The maximum atomic E-state index is 12.9. The molecule has 0 N–H and O–H groups in total. The zero-order valence-corrected chi connectivity index (χ0v) is 14.0.